The largest absolute Gasteiger partial charge is 0.493 e. The summed E-state index contributed by atoms with van der Waals surface area (Å²) in [5, 5.41) is 10.7. The highest BCUT2D eigenvalue weighted by molar-refractivity contribution is 7.14. The van der Waals surface area contributed by atoms with Crippen molar-refractivity contribution in [2.24, 2.45) is 5.10 Å². The molecule has 4 aromatic rings. The van der Waals surface area contributed by atoms with Crippen molar-refractivity contribution in [2.45, 2.75) is 13.3 Å². The third-order valence-electron chi connectivity index (χ3n) is 4.78. The van der Waals surface area contributed by atoms with Crippen molar-refractivity contribution >= 4 is 45.9 Å². The highest BCUT2D eigenvalue weighted by atomic mass is 35.5. The van der Waals surface area contributed by atoms with Crippen molar-refractivity contribution in [3.63, 3.8) is 0 Å². The fourth-order valence-corrected chi connectivity index (χ4v) is 4.01. The van der Waals surface area contributed by atoms with Crippen LogP contribution in [0.4, 0.5) is 10.8 Å². The number of benzene rings is 3. The lowest BCUT2D eigenvalue weighted by Gasteiger charge is -2.08. The molecule has 2 N–H and O–H groups in total. The topological polar surface area (TPSA) is 75.6 Å². The molecule has 34 heavy (non-hydrogen) atoms. The van der Waals surface area contributed by atoms with Crippen molar-refractivity contribution in [3.05, 3.63) is 94.3 Å². The maximum Gasteiger partial charge on any atom is 0.271 e. The Bertz CT molecular complexity index is 1270. The number of rotatable bonds is 9. The zero-order valence-corrected chi connectivity index (χ0v) is 20.1. The molecule has 8 heteroatoms. The number of hydrogen-bond acceptors (Lipinski definition) is 6. The van der Waals surface area contributed by atoms with E-state index < -0.39 is 0 Å². The number of hydrogen-bond donors (Lipinski definition) is 2. The van der Waals surface area contributed by atoms with Crippen molar-refractivity contribution in [2.75, 3.05) is 11.9 Å². The number of para-hydroxylation sites is 1. The molecule has 1 heterocycles. The van der Waals surface area contributed by atoms with Gasteiger partial charge in [-0.15, -0.1) is 11.3 Å². The molecular weight excluding hydrogens is 468 g/mol. The molecule has 0 fully saturated rings. The predicted octanol–water partition coefficient (Wildman–Crippen LogP) is 6.76. The number of carbonyl (C=O) groups is 1. The third kappa shape index (κ3) is 6.21. The van der Waals surface area contributed by atoms with Gasteiger partial charge in [0.2, 0.25) is 0 Å². The van der Waals surface area contributed by atoms with Gasteiger partial charge in [-0.25, -0.2) is 10.4 Å². The summed E-state index contributed by atoms with van der Waals surface area (Å²) in [7, 11) is 0. The number of ether oxygens (including phenoxy) is 1. The first-order chi connectivity index (χ1) is 16.6. The molecule has 6 nitrogen and oxygen atoms in total. The lowest BCUT2D eigenvalue weighted by molar-refractivity contribution is 0.0955. The van der Waals surface area contributed by atoms with Crippen LogP contribution in [0.5, 0.6) is 5.75 Å². The highest BCUT2D eigenvalue weighted by Crippen LogP contribution is 2.27. The average molecular weight is 491 g/mol. The first kappa shape index (κ1) is 23.5. The maximum atomic E-state index is 12.5. The lowest BCUT2D eigenvalue weighted by Crippen LogP contribution is -2.17. The Balaban J connectivity index is 1.38. The van der Waals surface area contributed by atoms with Crippen molar-refractivity contribution in [1.82, 2.24) is 10.4 Å². The van der Waals surface area contributed by atoms with Crippen LogP contribution in [0.1, 0.15) is 29.3 Å². The van der Waals surface area contributed by atoms with Gasteiger partial charge in [0.15, 0.2) is 5.13 Å². The molecule has 172 valence electrons. The smallest absolute Gasteiger partial charge is 0.271 e. The summed E-state index contributed by atoms with van der Waals surface area (Å²) >= 11 is 7.61. The Morgan fingerprint density at radius 2 is 1.91 bits per heavy atom. The number of carbonyl (C=O) groups excluding carboxylic acids is 1. The minimum atomic E-state index is -0.314. The predicted molar refractivity (Wildman–Crippen MR) is 140 cm³/mol. The lowest BCUT2D eigenvalue weighted by atomic mass is 10.1. The molecular formula is C26H23ClN4O2S. The number of halogens is 1. The van der Waals surface area contributed by atoms with E-state index in [1.807, 2.05) is 54.8 Å². The molecule has 0 spiro atoms. The Labute approximate surface area is 207 Å². The van der Waals surface area contributed by atoms with Crippen LogP contribution in [0.3, 0.4) is 0 Å². The molecule has 1 aromatic heterocycles. The molecule has 1 amide bonds. The van der Waals surface area contributed by atoms with E-state index in [0.29, 0.717) is 28.5 Å². The fraction of sp³-hybridized carbons (Fsp3) is 0.115. The standard InChI is InChI=1S/C26H23ClN4O2S/c1-2-14-33-24-13-12-21(27)15-20(24)16-28-31-25(32)19-10-8-18(9-11-19)23-17-34-26(30-23)29-22-6-4-3-5-7-22/h3-13,15-17H,2,14H2,1H3,(H,29,30)(H,31,32)/b28-16-. The maximum absolute atomic E-state index is 12.5. The third-order valence-corrected chi connectivity index (χ3v) is 5.77. The molecule has 4 rings (SSSR count). The van der Waals surface area contributed by atoms with Gasteiger partial charge in [-0.1, -0.05) is 48.9 Å². The Morgan fingerprint density at radius 3 is 2.68 bits per heavy atom. The van der Waals surface area contributed by atoms with Crippen molar-refractivity contribution < 1.29 is 9.53 Å². The second-order valence-electron chi connectivity index (χ2n) is 7.34. The minimum Gasteiger partial charge on any atom is -0.493 e. The zero-order valence-electron chi connectivity index (χ0n) is 18.5. The second-order valence-corrected chi connectivity index (χ2v) is 8.63. The fourth-order valence-electron chi connectivity index (χ4n) is 3.09. The van der Waals surface area contributed by atoms with Gasteiger partial charge in [0, 0.05) is 32.8 Å². The Morgan fingerprint density at radius 1 is 1.12 bits per heavy atom. The normalized spacial score (nSPS) is 10.9. The average Bonchev–Trinajstić information content (AvgIpc) is 3.32. The number of nitrogens with one attached hydrogen (secondary N) is 2. The van der Waals surface area contributed by atoms with Crippen LogP contribution in [0.2, 0.25) is 5.02 Å². The zero-order chi connectivity index (χ0) is 23.8. The van der Waals surface area contributed by atoms with Gasteiger partial charge in [0.05, 0.1) is 18.5 Å². The number of nitrogens with zero attached hydrogens (tertiary/aromatic N) is 2. The van der Waals surface area contributed by atoms with E-state index in [0.717, 1.165) is 28.5 Å². The summed E-state index contributed by atoms with van der Waals surface area (Å²) in [6, 6.07) is 22.4. The summed E-state index contributed by atoms with van der Waals surface area (Å²) in [5.74, 6) is 0.351. The highest BCUT2D eigenvalue weighted by Gasteiger charge is 2.09. The summed E-state index contributed by atoms with van der Waals surface area (Å²) < 4.78 is 5.70. The van der Waals surface area contributed by atoms with Gasteiger partial charge in [0.1, 0.15) is 5.75 Å². The van der Waals surface area contributed by atoms with Crippen LogP contribution in [-0.4, -0.2) is 23.7 Å². The van der Waals surface area contributed by atoms with Gasteiger partial charge < -0.3 is 10.1 Å². The monoisotopic (exact) mass is 490 g/mol. The number of thiazole rings is 1. The molecule has 0 unspecified atom stereocenters. The Kier molecular flexibility index (Phi) is 7.91. The van der Waals surface area contributed by atoms with Gasteiger partial charge >= 0.3 is 0 Å². The van der Waals surface area contributed by atoms with Crippen LogP contribution < -0.4 is 15.5 Å². The molecule has 0 bridgehead atoms. The van der Waals surface area contributed by atoms with Crippen molar-refractivity contribution in [3.8, 4) is 17.0 Å². The van der Waals surface area contributed by atoms with Crippen LogP contribution >= 0.6 is 22.9 Å². The van der Waals surface area contributed by atoms with Crippen LogP contribution in [0.25, 0.3) is 11.3 Å². The molecule has 0 saturated heterocycles. The summed E-state index contributed by atoms with van der Waals surface area (Å²) in [5.41, 5.74) is 6.49. The van der Waals surface area contributed by atoms with Gasteiger partial charge in [-0.3, -0.25) is 4.79 Å². The van der Waals surface area contributed by atoms with Crippen molar-refractivity contribution in [1.29, 1.82) is 0 Å². The van der Waals surface area contributed by atoms with Crippen LogP contribution in [0, 0.1) is 0 Å². The molecule has 0 aliphatic rings. The summed E-state index contributed by atoms with van der Waals surface area (Å²) in [6.07, 6.45) is 2.41. The van der Waals surface area contributed by atoms with Gasteiger partial charge in [-0.05, 0) is 48.9 Å². The quantitative estimate of drug-likeness (QED) is 0.201. The first-order valence-electron chi connectivity index (χ1n) is 10.8. The number of aromatic nitrogens is 1. The second kappa shape index (κ2) is 11.4. The van der Waals surface area contributed by atoms with Crippen LogP contribution in [0.15, 0.2) is 83.3 Å². The van der Waals surface area contributed by atoms with Crippen LogP contribution in [-0.2, 0) is 0 Å². The molecule has 0 atom stereocenters. The van der Waals surface area contributed by atoms with E-state index in [1.165, 1.54) is 17.6 Å². The van der Waals surface area contributed by atoms with E-state index in [9.17, 15) is 4.79 Å². The molecule has 0 aliphatic carbocycles. The number of amides is 1. The SMILES string of the molecule is CCCOc1ccc(Cl)cc1/C=N\NC(=O)c1ccc(-c2csc(Nc3ccccc3)n2)cc1. The van der Waals surface area contributed by atoms with Gasteiger partial charge in [-0.2, -0.15) is 5.10 Å². The van der Waals surface area contributed by atoms with E-state index in [-0.39, 0.29) is 5.91 Å². The Hall–Kier alpha value is -3.68. The molecule has 0 saturated carbocycles. The summed E-state index contributed by atoms with van der Waals surface area (Å²) in [6.45, 7) is 2.62. The van der Waals surface area contributed by atoms with E-state index in [2.05, 4.69) is 20.8 Å². The first-order valence-corrected chi connectivity index (χ1v) is 12.0. The summed E-state index contributed by atoms with van der Waals surface area (Å²) in [4.78, 5) is 17.1. The minimum absolute atomic E-state index is 0.314. The number of hydrazone groups is 1. The molecule has 3 aromatic carbocycles. The van der Waals surface area contributed by atoms with E-state index in [1.54, 1.807) is 30.3 Å². The molecule has 0 radical (unpaired) electrons. The van der Waals surface area contributed by atoms with E-state index >= 15 is 0 Å². The van der Waals surface area contributed by atoms with Gasteiger partial charge in [0.25, 0.3) is 5.91 Å². The number of anilines is 2. The molecule has 0 aliphatic heterocycles. The van der Waals surface area contributed by atoms with E-state index in [4.69, 9.17) is 16.3 Å².